The van der Waals surface area contributed by atoms with E-state index in [-0.39, 0.29) is 33.8 Å². The van der Waals surface area contributed by atoms with Gasteiger partial charge in [-0.05, 0) is 75.7 Å². The molecule has 41 heavy (non-hydrogen) atoms. The fourth-order valence-corrected chi connectivity index (χ4v) is 5.68. The zero-order valence-corrected chi connectivity index (χ0v) is 25.6. The molecular formula is C30H36ClN3O6S. The summed E-state index contributed by atoms with van der Waals surface area (Å²) in [7, 11) is -1.31. The van der Waals surface area contributed by atoms with E-state index in [0.717, 1.165) is 9.87 Å². The van der Waals surface area contributed by atoms with E-state index >= 15 is 0 Å². The molecule has 2 amide bonds. The summed E-state index contributed by atoms with van der Waals surface area (Å²) in [5.74, 6) is -0.128. The number of sulfonamides is 1. The van der Waals surface area contributed by atoms with Crippen molar-refractivity contribution in [2.24, 2.45) is 0 Å². The van der Waals surface area contributed by atoms with Gasteiger partial charge in [0.15, 0.2) is 0 Å². The summed E-state index contributed by atoms with van der Waals surface area (Å²) in [4.78, 5) is 28.6. The summed E-state index contributed by atoms with van der Waals surface area (Å²) in [5.41, 5.74) is 0.276. The number of benzene rings is 3. The molecule has 0 fully saturated rings. The maximum absolute atomic E-state index is 14.1. The second kappa shape index (κ2) is 13.3. The van der Waals surface area contributed by atoms with E-state index in [9.17, 15) is 18.0 Å². The molecule has 11 heteroatoms. The lowest BCUT2D eigenvalue weighted by Crippen LogP contribution is -2.54. The Morgan fingerprint density at radius 1 is 0.951 bits per heavy atom. The SMILES string of the molecule is COc1ccc(CN(C(=O)CN(c2cc(Cl)ccc2OC)S(=O)(=O)c2ccccc2)C(C)C(=O)NC(C)(C)C)cc1. The van der Waals surface area contributed by atoms with Crippen LogP contribution in [0, 0.1) is 0 Å². The Bertz CT molecular complexity index is 1460. The third-order valence-corrected chi connectivity index (χ3v) is 8.21. The number of halogens is 1. The minimum Gasteiger partial charge on any atom is -0.497 e. The molecular weight excluding hydrogens is 566 g/mol. The Balaban J connectivity index is 2.09. The Morgan fingerprint density at radius 3 is 2.15 bits per heavy atom. The standard InChI is InChI=1S/C30H36ClN3O6S/c1-21(29(36)32-30(2,3)4)33(19-22-12-15-24(39-5)16-13-22)28(35)20-34(26-18-23(31)14-17-27(26)40-6)41(37,38)25-10-8-7-9-11-25/h7-18,21H,19-20H2,1-6H3,(H,32,36). The minimum absolute atomic E-state index is 0.0185. The van der Waals surface area contributed by atoms with Crippen LogP contribution in [0.25, 0.3) is 0 Å². The Kier molecular flexibility index (Phi) is 10.3. The van der Waals surface area contributed by atoms with Gasteiger partial charge in [-0.25, -0.2) is 8.42 Å². The lowest BCUT2D eigenvalue weighted by molar-refractivity contribution is -0.140. The molecule has 0 aromatic heterocycles. The lowest BCUT2D eigenvalue weighted by Gasteiger charge is -2.33. The predicted octanol–water partition coefficient (Wildman–Crippen LogP) is 4.88. The van der Waals surface area contributed by atoms with Crippen molar-refractivity contribution >= 4 is 39.1 Å². The topological polar surface area (TPSA) is 105 Å². The molecule has 3 rings (SSSR count). The van der Waals surface area contributed by atoms with Gasteiger partial charge in [0.1, 0.15) is 24.1 Å². The zero-order chi connectivity index (χ0) is 30.4. The fourth-order valence-electron chi connectivity index (χ4n) is 4.08. The molecule has 0 spiro atoms. The first kappa shape index (κ1) is 31.8. The number of hydrogen-bond donors (Lipinski definition) is 1. The van der Waals surface area contributed by atoms with Crippen LogP contribution in [0.4, 0.5) is 5.69 Å². The first-order valence-electron chi connectivity index (χ1n) is 12.9. The molecule has 1 unspecified atom stereocenters. The number of rotatable bonds is 11. The Labute approximate surface area is 247 Å². The molecule has 1 N–H and O–H groups in total. The number of ether oxygens (including phenoxy) is 2. The van der Waals surface area contributed by atoms with E-state index in [2.05, 4.69) is 5.32 Å². The van der Waals surface area contributed by atoms with Crippen molar-refractivity contribution in [3.8, 4) is 11.5 Å². The number of carbonyl (C=O) groups is 2. The summed E-state index contributed by atoms with van der Waals surface area (Å²) in [6, 6.07) is 18.4. The third-order valence-electron chi connectivity index (χ3n) is 6.20. The molecule has 0 bridgehead atoms. The normalized spacial score (nSPS) is 12.3. The number of carbonyl (C=O) groups excluding carboxylic acids is 2. The van der Waals surface area contributed by atoms with Crippen LogP contribution in [0.15, 0.2) is 77.7 Å². The number of amides is 2. The maximum atomic E-state index is 14.1. The molecule has 0 aliphatic carbocycles. The zero-order valence-electron chi connectivity index (χ0n) is 24.0. The fraction of sp³-hybridized carbons (Fsp3) is 0.333. The first-order chi connectivity index (χ1) is 19.3. The van der Waals surface area contributed by atoms with Gasteiger partial charge in [0.25, 0.3) is 10.0 Å². The second-order valence-electron chi connectivity index (χ2n) is 10.4. The largest absolute Gasteiger partial charge is 0.497 e. The first-order valence-corrected chi connectivity index (χ1v) is 14.7. The summed E-state index contributed by atoms with van der Waals surface area (Å²) in [6.07, 6.45) is 0. The lowest BCUT2D eigenvalue weighted by atomic mass is 10.1. The summed E-state index contributed by atoms with van der Waals surface area (Å²) in [5, 5.41) is 3.16. The van der Waals surface area contributed by atoms with Crippen LogP contribution < -0.4 is 19.1 Å². The average molecular weight is 602 g/mol. The van der Waals surface area contributed by atoms with Crippen molar-refractivity contribution in [3.05, 3.63) is 83.4 Å². The van der Waals surface area contributed by atoms with Gasteiger partial charge in [0.2, 0.25) is 11.8 Å². The van der Waals surface area contributed by atoms with Gasteiger partial charge >= 0.3 is 0 Å². The van der Waals surface area contributed by atoms with Gasteiger partial charge in [0, 0.05) is 17.1 Å². The van der Waals surface area contributed by atoms with Crippen LogP contribution in [-0.2, 0) is 26.2 Å². The van der Waals surface area contributed by atoms with Crippen molar-refractivity contribution in [2.75, 3.05) is 25.1 Å². The highest BCUT2D eigenvalue weighted by Crippen LogP contribution is 2.35. The molecule has 1 atom stereocenters. The van der Waals surface area contributed by atoms with Gasteiger partial charge in [-0.1, -0.05) is 41.9 Å². The second-order valence-corrected chi connectivity index (χ2v) is 12.7. The summed E-state index contributed by atoms with van der Waals surface area (Å²) >= 11 is 6.26. The number of anilines is 1. The molecule has 0 heterocycles. The monoisotopic (exact) mass is 601 g/mol. The smallest absolute Gasteiger partial charge is 0.264 e. The molecule has 0 radical (unpaired) electrons. The quantitative estimate of drug-likeness (QED) is 0.336. The average Bonchev–Trinajstić information content (AvgIpc) is 2.93. The van der Waals surface area contributed by atoms with Crippen LogP contribution in [0.2, 0.25) is 5.02 Å². The highest BCUT2D eigenvalue weighted by atomic mass is 35.5. The number of methoxy groups -OCH3 is 2. The van der Waals surface area contributed by atoms with Crippen LogP contribution in [-0.4, -0.2) is 57.5 Å². The molecule has 0 saturated heterocycles. The van der Waals surface area contributed by atoms with E-state index in [4.69, 9.17) is 21.1 Å². The van der Waals surface area contributed by atoms with Crippen molar-refractivity contribution in [2.45, 2.75) is 50.7 Å². The van der Waals surface area contributed by atoms with Crippen molar-refractivity contribution < 1.29 is 27.5 Å². The summed E-state index contributed by atoms with van der Waals surface area (Å²) in [6.45, 7) is 6.57. The Morgan fingerprint density at radius 2 is 1.59 bits per heavy atom. The highest BCUT2D eigenvalue weighted by molar-refractivity contribution is 7.92. The van der Waals surface area contributed by atoms with Gasteiger partial charge < -0.3 is 19.7 Å². The van der Waals surface area contributed by atoms with Gasteiger partial charge in [-0.15, -0.1) is 0 Å². The molecule has 0 aliphatic heterocycles. The third kappa shape index (κ3) is 8.14. The molecule has 3 aromatic carbocycles. The minimum atomic E-state index is -4.26. The van der Waals surface area contributed by atoms with Crippen LogP contribution in [0.1, 0.15) is 33.3 Å². The van der Waals surface area contributed by atoms with Crippen LogP contribution >= 0.6 is 11.6 Å². The highest BCUT2D eigenvalue weighted by Gasteiger charge is 2.34. The number of nitrogens with one attached hydrogen (secondary N) is 1. The van der Waals surface area contributed by atoms with Crippen molar-refractivity contribution in [1.82, 2.24) is 10.2 Å². The molecule has 220 valence electrons. The Hall–Kier alpha value is -3.76. The maximum Gasteiger partial charge on any atom is 0.264 e. The van der Waals surface area contributed by atoms with Gasteiger partial charge in [-0.3, -0.25) is 13.9 Å². The number of hydrogen-bond acceptors (Lipinski definition) is 6. The predicted molar refractivity (Wildman–Crippen MR) is 160 cm³/mol. The van der Waals surface area contributed by atoms with E-state index in [1.165, 1.54) is 36.3 Å². The molecule has 0 aliphatic rings. The van der Waals surface area contributed by atoms with Gasteiger partial charge in [-0.2, -0.15) is 0 Å². The molecule has 9 nitrogen and oxygen atoms in total. The molecule has 3 aromatic rings. The van der Waals surface area contributed by atoms with Crippen LogP contribution in [0.3, 0.4) is 0 Å². The molecule has 0 saturated carbocycles. The van der Waals surface area contributed by atoms with Crippen molar-refractivity contribution in [3.63, 3.8) is 0 Å². The van der Waals surface area contributed by atoms with E-state index in [0.29, 0.717) is 5.75 Å². The van der Waals surface area contributed by atoms with Crippen molar-refractivity contribution in [1.29, 1.82) is 0 Å². The van der Waals surface area contributed by atoms with Crippen LogP contribution in [0.5, 0.6) is 11.5 Å². The van der Waals surface area contributed by atoms with Gasteiger partial charge in [0.05, 0.1) is 24.8 Å². The number of nitrogens with zero attached hydrogens (tertiary/aromatic N) is 2. The van der Waals surface area contributed by atoms with E-state index in [1.54, 1.807) is 62.6 Å². The van der Waals surface area contributed by atoms with E-state index in [1.807, 2.05) is 20.8 Å². The van der Waals surface area contributed by atoms with E-state index < -0.39 is 34.1 Å². The summed E-state index contributed by atoms with van der Waals surface area (Å²) < 4.78 is 39.6.